The Kier molecular flexibility index (Phi) is 12.1. The minimum absolute atomic E-state index is 0.0242. The van der Waals surface area contributed by atoms with Gasteiger partial charge in [-0.15, -0.1) is 0 Å². The molecule has 6 heteroatoms. The molecule has 0 saturated heterocycles. The van der Waals surface area contributed by atoms with Gasteiger partial charge >= 0.3 is 5.97 Å². The number of carbonyl (C=O) groups excluding carboxylic acids is 1. The van der Waals surface area contributed by atoms with Crippen LogP contribution in [-0.2, 0) is 19.1 Å². The quantitative estimate of drug-likeness (QED) is 0.386. The summed E-state index contributed by atoms with van der Waals surface area (Å²) in [5.74, 6) is -1.00. The number of rotatable bonds is 13. The summed E-state index contributed by atoms with van der Waals surface area (Å²) in [4.78, 5) is 21.0. The Bertz CT molecular complexity index is 268. The molecule has 6 nitrogen and oxygen atoms in total. The van der Waals surface area contributed by atoms with E-state index in [0.29, 0.717) is 26.4 Å². The fraction of sp³-hybridized carbons (Fsp3) is 0.692. The van der Waals surface area contributed by atoms with Gasteiger partial charge in [-0.25, -0.2) is 0 Å². The lowest BCUT2D eigenvalue weighted by Gasteiger charge is -2.05. The topological polar surface area (TPSA) is 84.9 Å². The summed E-state index contributed by atoms with van der Waals surface area (Å²) >= 11 is 0. The van der Waals surface area contributed by atoms with Crippen molar-refractivity contribution < 1.29 is 24.2 Å². The Balaban J connectivity index is 3.05. The molecule has 0 spiro atoms. The molecule has 0 aliphatic carbocycles. The molecule has 0 aromatic carbocycles. The number of hydrogen-bond acceptors (Lipinski definition) is 4. The van der Waals surface area contributed by atoms with Crippen molar-refractivity contribution in [1.29, 1.82) is 0 Å². The number of amides is 1. The van der Waals surface area contributed by atoms with Gasteiger partial charge < -0.3 is 19.9 Å². The Hall–Kier alpha value is -1.40. The first-order valence-corrected chi connectivity index (χ1v) is 6.44. The number of unbranched alkanes of at least 4 members (excludes halogenated alkanes) is 2. The summed E-state index contributed by atoms with van der Waals surface area (Å²) in [5.41, 5.74) is 0. The van der Waals surface area contributed by atoms with Gasteiger partial charge in [0, 0.05) is 13.2 Å². The van der Waals surface area contributed by atoms with Crippen molar-refractivity contribution in [3.63, 3.8) is 0 Å². The van der Waals surface area contributed by atoms with Crippen LogP contribution in [0, 0.1) is 0 Å². The fourth-order valence-corrected chi connectivity index (χ4v) is 1.27. The molecule has 2 N–H and O–H groups in total. The van der Waals surface area contributed by atoms with E-state index in [1.54, 1.807) is 0 Å². The summed E-state index contributed by atoms with van der Waals surface area (Å²) in [6.07, 6.45) is 4.11. The number of carbonyl (C=O) groups is 2. The molecule has 0 saturated carbocycles. The third-order valence-electron chi connectivity index (χ3n) is 2.28. The first-order chi connectivity index (χ1) is 9.16. The Labute approximate surface area is 113 Å². The highest BCUT2D eigenvalue weighted by Gasteiger charge is 1.96. The summed E-state index contributed by atoms with van der Waals surface area (Å²) < 4.78 is 10.4. The molecule has 1 amide bonds. The highest BCUT2D eigenvalue weighted by atomic mass is 16.5. The molecule has 19 heavy (non-hydrogen) atoms. The van der Waals surface area contributed by atoms with Gasteiger partial charge in [-0.3, -0.25) is 9.59 Å². The number of aliphatic carboxylic acids is 1. The van der Waals surface area contributed by atoms with E-state index in [-0.39, 0.29) is 18.9 Å². The van der Waals surface area contributed by atoms with Crippen LogP contribution in [0.25, 0.3) is 0 Å². The number of nitrogens with one attached hydrogen (secondary N) is 1. The van der Waals surface area contributed by atoms with Crippen molar-refractivity contribution in [3.05, 3.63) is 12.7 Å². The zero-order chi connectivity index (χ0) is 14.3. The van der Waals surface area contributed by atoms with Gasteiger partial charge in [-0.05, 0) is 25.3 Å². The van der Waals surface area contributed by atoms with Crippen molar-refractivity contribution in [2.75, 3.05) is 33.0 Å². The summed E-state index contributed by atoms with van der Waals surface area (Å²) in [6.45, 7) is 5.79. The molecule has 0 radical (unpaired) electrons. The van der Waals surface area contributed by atoms with Crippen molar-refractivity contribution in [3.8, 4) is 0 Å². The lowest BCUT2D eigenvalue weighted by Crippen LogP contribution is -2.21. The van der Waals surface area contributed by atoms with E-state index in [2.05, 4.69) is 11.9 Å². The van der Waals surface area contributed by atoms with E-state index >= 15 is 0 Å². The maximum absolute atomic E-state index is 10.8. The molecule has 0 fully saturated rings. The van der Waals surface area contributed by atoms with Crippen molar-refractivity contribution >= 4 is 11.9 Å². The maximum Gasteiger partial charge on any atom is 0.305 e. The Morgan fingerprint density at radius 1 is 1.05 bits per heavy atom. The number of carboxylic acid groups (broad SMARTS) is 1. The zero-order valence-corrected chi connectivity index (χ0v) is 11.2. The highest BCUT2D eigenvalue weighted by molar-refractivity contribution is 5.86. The molecule has 110 valence electrons. The first-order valence-electron chi connectivity index (χ1n) is 6.44. The molecule has 0 aliphatic rings. The molecular weight excluding hydrogens is 250 g/mol. The van der Waals surface area contributed by atoms with Gasteiger partial charge in [0.05, 0.1) is 26.2 Å². The lowest BCUT2D eigenvalue weighted by atomic mass is 10.2. The molecule has 0 aliphatic heterocycles. The van der Waals surface area contributed by atoms with Crippen molar-refractivity contribution in [2.45, 2.75) is 25.7 Å². The van der Waals surface area contributed by atoms with Gasteiger partial charge in [0.1, 0.15) is 0 Å². The van der Waals surface area contributed by atoms with Gasteiger partial charge in [-0.2, -0.15) is 0 Å². The van der Waals surface area contributed by atoms with E-state index < -0.39 is 5.97 Å². The highest BCUT2D eigenvalue weighted by Crippen LogP contribution is 1.95. The van der Waals surface area contributed by atoms with Crippen LogP contribution in [0.3, 0.4) is 0 Å². The lowest BCUT2D eigenvalue weighted by molar-refractivity contribution is -0.138. The fourth-order valence-electron chi connectivity index (χ4n) is 1.27. The Morgan fingerprint density at radius 3 is 2.37 bits per heavy atom. The van der Waals surface area contributed by atoms with Crippen LogP contribution in [-0.4, -0.2) is 50.0 Å². The molecule has 0 unspecified atom stereocenters. The van der Waals surface area contributed by atoms with E-state index in [0.717, 1.165) is 19.3 Å². The SMILES string of the molecule is C=CC(=O)NCCCCCOCCOCCC(=O)O. The molecule has 0 heterocycles. The van der Waals surface area contributed by atoms with Gasteiger partial charge in [-0.1, -0.05) is 6.58 Å². The van der Waals surface area contributed by atoms with Crippen LogP contribution in [0.5, 0.6) is 0 Å². The third kappa shape index (κ3) is 14.5. The summed E-state index contributed by atoms with van der Waals surface area (Å²) in [7, 11) is 0. The van der Waals surface area contributed by atoms with Crippen LogP contribution in [0.2, 0.25) is 0 Å². The largest absolute Gasteiger partial charge is 0.481 e. The second-order valence-electron chi connectivity index (χ2n) is 3.92. The maximum atomic E-state index is 10.8. The summed E-state index contributed by atoms with van der Waals surface area (Å²) in [5, 5.41) is 11.1. The minimum atomic E-state index is -0.857. The van der Waals surface area contributed by atoms with Crippen LogP contribution in [0.4, 0.5) is 0 Å². The van der Waals surface area contributed by atoms with Crippen molar-refractivity contribution in [1.82, 2.24) is 5.32 Å². The number of carboxylic acids is 1. The Morgan fingerprint density at radius 2 is 1.74 bits per heavy atom. The summed E-state index contributed by atoms with van der Waals surface area (Å²) in [6, 6.07) is 0. The van der Waals surface area contributed by atoms with Crippen LogP contribution in [0.1, 0.15) is 25.7 Å². The van der Waals surface area contributed by atoms with E-state index in [1.807, 2.05) is 0 Å². The monoisotopic (exact) mass is 273 g/mol. The predicted molar refractivity (Wildman–Crippen MR) is 70.9 cm³/mol. The average molecular weight is 273 g/mol. The second kappa shape index (κ2) is 13.0. The minimum Gasteiger partial charge on any atom is -0.481 e. The van der Waals surface area contributed by atoms with Crippen LogP contribution >= 0.6 is 0 Å². The van der Waals surface area contributed by atoms with Crippen LogP contribution < -0.4 is 5.32 Å². The molecule has 0 bridgehead atoms. The van der Waals surface area contributed by atoms with Gasteiger partial charge in [0.15, 0.2) is 0 Å². The number of hydrogen-bond donors (Lipinski definition) is 2. The predicted octanol–water partition coefficient (Wildman–Crippen LogP) is 0.967. The smallest absolute Gasteiger partial charge is 0.305 e. The molecule has 0 aromatic heterocycles. The average Bonchev–Trinajstić information content (AvgIpc) is 2.39. The first kappa shape index (κ1) is 17.6. The van der Waals surface area contributed by atoms with Gasteiger partial charge in [0.25, 0.3) is 0 Å². The molecule has 0 rings (SSSR count). The van der Waals surface area contributed by atoms with Crippen molar-refractivity contribution in [2.24, 2.45) is 0 Å². The number of ether oxygens (including phenoxy) is 2. The third-order valence-corrected chi connectivity index (χ3v) is 2.28. The van der Waals surface area contributed by atoms with E-state index in [4.69, 9.17) is 14.6 Å². The van der Waals surface area contributed by atoms with Gasteiger partial charge in [0.2, 0.25) is 5.91 Å². The zero-order valence-electron chi connectivity index (χ0n) is 11.2. The standard InChI is InChI=1S/C13H23NO5/c1-2-12(15)14-7-4-3-5-8-18-10-11-19-9-6-13(16)17/h2H,1,3-11H2,(H,14,15)(H,16,17). The molecule has 0 aromatic rings. The molecule has 0 atom stereocenters. The van der Waals surface area contributed by atoms with E-state index in [9.17, 15) is 9.59 Å². The van der Waals surface area contributed by atoms with Crippen LogP contribution in [0.15, 0.2) is 12.7 Å². The molecular formula is C13H23NO5. The second-order valence-corrected chi connectivity index (χ2v) is 3.92. The normalized spacial score (nSPS) is 10.1. The van der Waals surface area contributed by atoms with E-state index in [1.165, 1.54) is 6.08 Å².